The number of ether oxygens (including phenoxy) is 2. The van der Waals surface area contributed by atoms with Crippen molar-refractivity contribution >= 4 is 40.4 Å². The number of methoxy groups -OCH3 is 1. The van der Waals surface area contributed by atoms with Crippen molar-refractivity contribution in [3.05, 3.63) is 99.3 Å². The number of aromatic nitrogens is 1. The molecule has 4 rings (SSSR count). The molecule has 1 aromatic heterocycles. The molecule has 3 aromatic carbocycles. The zero-order chi connectivity index (χ0) is 23.9. The first-order chi connectivity index (χ1) is 16.6. The summed E-state index contributed by atoms with van der Waals surface area (Å²) in [7, 11) is 1.53. The van der Waals surface area contributed by atoms with Gasteiger partial charge in [-0.25, -0.2) is 4.98 Å². The Labute approximate surface area is 206 Å². The van der Waals surface area contributed by atoms with Crippen LogP contribution in [0.1, 0.15) is 20.9 Å². The third kappa shape index (κ3) is 5.52. The van der Waals surface area contributed by atoms with Crippen molar-refractivity contribution in [3.63, 3.8) is 0 Å². The normalized spacial score (nSPS) is 11.0. The Morgan fingerprint density at radius 1 is 1.09 bits per heavy atom. The predicted octanol–water partition coefficient (Wildman–Crippen LogP) is 6.80. The number of carbonyl (C=O) groups is 1. The summed E-state index contributed by atoms with van der Waals surface area (Å²) in [5, 5.41) is 12.9. The van der Waals surface area contributed by atoms with E-state index in [0.717, 1.165) is 16.8 Å². The number of allylic oxidation sites excluding steroid dienone is 1. The van der Waals surface area contributed by atoms with Crippen LogP contribution >= 0.6 is 22.9 Å². The highest BCUT2D eigenvalue weighted by atomic mass is 35.5. The molecule has 0 bridgehead atoms. The monoisotopic (exact) mass is 486 g/mol. The van der Waals surface area contributed by atoms with Crippen molar-refractivity contribution in [2.75, 3.05) is 13.7 Å². The van der Waals surface area contributed by atoms with Gasteiger partial charge in [-0.3, -0.25) is 4.79 Å². The average Bonchev–Trinajstić information content (AvgIpc) is 3.37. The Kier molecular flexibility index (Phi) is 7.38. The van der Waals surface area contributed by atoms with Gasteiger partial charge in [-0.05, 0) is 35.9 Å². The number of Topliss-reactive ketones (excluding diaryl/α,β-unsaturated/α-hetero) is 1. The van der Waals surface area contributed by atoms with Crippen LogP contribution in [0.25, 0.3) is 22.9 Å². The molecule has 0 N–H and O–H groups in total. The standard InChI is InChI=1S/C27H19ClN2O3S/c1-32-26-14-18(7-12-25(26)33-16-24(31)20-5-3-2-4-6-20)13-21(15-29)27-30-23(17-34-27)19-8-10-22(28)11-9-19/h2-14,17H,16H2,1H3/b21-13+. The van der Waals surface area contributed by atoms with Crippen molar-refractivity contribution in [1.29, 1.82) is 5.26 Å². The summed E-state index contributed by atoms with van der Waals surface area (Å²) in [5.74, 6) is 0.785. The van der Waals surface area contributed by atoms with Gasteiger partial charge in [0.05, 0.1) is 18.4 Å². The van der Waals surface area contributed by atoms with E-state index in [2.05, 4.69) is 11.1 Å². The highest BCUT2D eigenvalue weighted by Gasteiger charge is 2.12. The van der Waals surface area contributed by atoms with E-state index in [0.29, 0.717) is 32.7 Å². The third-order valence-corrected chi connectivity index (χ3v) is 6.08. The smallest absolute Gasteiger partial charge is 0.200 e. The SMILES string of the molecule is COc1cc(/C=C(\C#N)c2nc(-c3ccc(Cl)cc3)cs2)ccc1OCC(=O)c1ccccc1. The van der Waals surface area contributed by atoms with Crippen molar-refractivity contribution < 1.29 is 14.3 Å². The fraction of sp³-hybridized carbons (Fsp3) is 0.0741. The molecule has 0 saturated carbocycles. The molecule has 0 aliphatic rings. The first-order valence-electron chi connectivity index (χ1n) is 10.3. The van der Waals surface area contributed by atoms with Gasteiger partial charge in [-0.15, -0.1) is 11.3 Å². The fourth-order valence-corrected chi connectivity index (χ4v) is 4.12. The van der Waals surface area contributed by atoms with Gasteiger partial charge in [-0.1, -0.05) is 60.1 Å². The maximum Gasteiger partial charge on any atom is 0.200 e. The lowest BCUT2D eigenvalue weighted by molar-refractivity contribution is 0.0919. The van der Waals surface area contributed by atoms with Gasteiger partial charge in [0.25, 0.3) is 0 Å². The van der Waals surface area contributed by atoms with E-state index in [1.54, 1.807) is 48.5 Å². The Morgan fingerprint density at radius 2 is 1.85 bits per heavy atom. The number of benzene rings is 3. The second-order valence-corrected chi connectivity index (χ2v) is 8.50. The summed E-state index contributed by atoms with van der Waals surface area (Å²) in [6.45, 7) is -0.106. The Hall–Kier alpha value is -3.92. The van der Waals surface area contributed by atoms with Gasteiger partial charge in [0.1, 0.15) is 11.1 Å². The van der Waals surface area contributed by atoms with Gasteiger partial charge >= 0.3 is 0 Å². The molecular weight excluding hydrogens is 468 g/mol. The molecule has 34 heavy (non-hydrogen) atoms. The van der Waals surface area contributed by atoms with E-state index >= 15 is 0 Å². The fourth-order valence-electron chi connectivity index (χ4n) is 3.20. The van der Waals surface area contributed by atoms with Crippen LogP contribution in [0.2, 0.25) is 5.02 Å². The second-order valence-electron chi connectivity index (χ2n) is 7.20. The third-order valence-electron chi connectivity index (χ3n) is 4.95. The van der Waals surface area contributed by atoms with Crippen molar-refractivity contribution in [2.45, 2.75) is 0 Å². The number of carbonyl (C=O) groups excluding carboxylic acids is 1. The molecule has 0 unspecified atom stereocenters. The molecule has 1 heterocycles. The van der Waals surface area contributed by atoms with Gasteiger partial charge in [0.15, 0.2) is 23.9 Å². The quantitative estimate of drug-likeness (QED) is 0.202. The van der Waals surface area contributed by atoms with Crippen LogP contribution in [-0.2, 0) is 0 Å². The van der Waals surface area contributed by atoms with Crippen molar-refractivity contribution in [3.8, 4) is 28.8 Å². The molecule has 0 saturated heterocycles. The summed E-state index contributed by atoms with van der Waals surface area (Å²) in [4.78, 5) is 16.9. The summed E-state index contributed by atoms with van der Waals surface area (Å²) < 4.78 is 11.1. The number of halogens is 1. The lowest BCUT2D eigenvalue weighted by Crippen LogP contribution is -2.11. The number of thiazole rings is 1. The average molecular weight is 487 g/mol. The Balaban J connectivity index is 1.52. The lowest BCUT2D eigenvalue weighted by atomic mass is 10.1. The topological polar surface area (TPSA) is 72.2 Å². The molecule has 7 heteroatoms. The van der Waals surface area contributed by atoms with Crippen LogP contribution in [0.3, 0.4) is 0 Å². The van der Waals surface area contributed by atoms with Crippen LogP contribution in [0.5, 0.6) is 11.5 Å². The minimum absolute atomic E-state index is 0.106. The molecule has 0 aliphatic heterocycles. The van der Waals surface area contributed by atoms with Gasteiger partial charge < -0.3 is 9.47 Å². The van der Waals surface area contributed by atoms with Gasteiger partial charge in [-0.2, -0.15) is 5.26 Å². The van der Waals surface area contributed by atoms with Crippen molar-refractivity contribution in [2.24, 2.45) is 0 Å². The van der Waals surface area contributed by atoms with E-state index in [1.165, 1.54) is 18.4 Å². The molecule has 0 amide bonds. The summed E-state index contributed by atoms with van der Waals surface area (Å²) in [6.07, 6.45) is 1.74. The summed E-state index contributed by atoms with van der Waals surface area (Å²) in [5.41, 5.74) is 3.47. The van der Waals surface area contributed by atoms with Crippen LogP contribution in [0.15, 0.2) is 78.2 Å². The van der Waals surface area contributed by atoms with E-state index in [4.69, 9.17) is 21.1 Å². The summed E-state index contributed by atoms with van der Waals surface area (Å²) >= 11 is 7.36. The largest absolute Gasteiger partial charge is 0.493 e. The minimum atomic E-state index is -0.126. The minimum Gasteiger partial charge on any atom is -0.493 e. The second kappa shape index (κ2) is 10.8. The first-order valence-corrected chi connectivity index (χ1v) is 11.6. The van der Waals surface area contributed by atoms with Crippen LogP contribution in [0, 0.1) is 11.3 Å². The molecule has 168 valence electrons. The molecule has 0 atom stereocenters. The molecule has 5 nitrogen and oxygen atoms in total. The van der Waals surface area contributed by atoms with Gasteiger partial charge in [0, 0.05) is 21.5 Å². The Morgan fingerprint density at radius 3 is 2.56 bits per heavy atom. The molecule has 0 fully saturated rings. The van der Waals surface area contributed by atoms with E-state index in [-0.39, 0.29) is 12.4 Å². The van der Waals surface area contributed by atoms with Crippen LogP contribution in [0.4, 0.5) is 0 Å². The van der Waals surface area contributed by atoms with Crippen molar-refractivity contribution in [1.82, 2.24) is 4.98 Å². The van der Waals surface area contributed by atoms with E-state index < -0.39 is 0 Å². The number of hydrogen-bond acceptors (Lipinski definition) is 6. The molecule has 0 spiro atoms. The zero-order valence-corrected chi connectivity index (χ0v) is 19.8. The molecule has 0 aliphatic carbocycles. The summed E-state index contributed by atoms with van der Waals surface area (Å²) in [6, 6.07) is 23.9. The first kappa shape index (κ1) is 23.2. The highest BCUT2D eigenvalue weighted by molar-refractivity contribution is 7.11. The number of rotatable bonds is 8. The van der Waals surface area contributed by atoms with Crippen LogP contribution in [-0.4, -0.2) is 24.5 Å². The maximum atomic E-state index is 12.3. The highest BCUT2D eigenvalue weighted by Crippen LogP contribution is 2.31. The maximum absolute atomic E-state index is 12.3. The Bertz CT molecular complexity index is 1370. The van der Waals surface area contributed by atoms with Crippen LogP contribution < -0.4 is 9.47 Å². The van der Waals surface area contributed by atoms with Gasteiger partial charge in [0.2, 0.25) is 0 Å². The molecule has 4 aromatic rings. The predicted molar refractivity (Wildman–Crippen MR) is 135 cm³/mol. The number of nitriles is 1. The van der Waals surface area contributed by atoms with E-state index in [9.17, 15) is 10.1 Å². The zero-order valence-electron chi connectivity index (χ0n) is 18.2. The lowest BCUT2D eigenvalue weighted by Gasteiger charge is -2.11. The molecular formula is C27H19ClN2O3S. The number of nitrogens with zero attached hydrogens (tertiary/aromatic N) is 2. The molecule has 0 radical (unpaired) electrons. The van der Waals surface area contributed by atoms with E-state index in [1.807, 2.05) is 35.7 Å². The number of hydrogen-bond donors (Lipinski definition) is 0. The number of ketones is 1.